The molecule has 15 heavy (non-hydrogen) atoms. The van der Waals surface area contributed by atoms with Crippen LogP contribution in [0.3, 0.4) is 0 Å². The van der Waals surface area contributed by atoms with Crippen molar-refractivity contribution in [1.29, 1.82) is 0 Å². The van der Waals surface area contributed by atoms with E-state index in [9.17, 15) is 0 Å². The van der Waals surface area contributed by atoms with Crippen LogP contribution in [0.5, 0.6) is 0 Å². The molecular weight excluding hydrogens is 204 g/mol. The van der Waals surface area contributed by atoms with Gasteiger partial charge < -0.3 is 30.6 Å². The lowest BCUT2D eigenvalue weighted by Crippen LogP contribution is -2.41. The monoisotopic (exact) mass is 226 g/mol. The van der Waals surface area contributed by atoms with Crippen LogP contribution >= 0.6 is 0 Å². The minimum absolute atomic E-state index is 0.344. The van der Waals surface area contributed by atoms with Crippen molar-refractivity contribution >= 4 is 0 Å². The molecule has 0 saturated carbocycles. The lowest BCUT2D eigenvalue weighted by molar-refractivity contribution is -0.0900. The number of hydrogen-bond donors (Lipinski definition) is 6. The van der Waals surface area contributed by atoms with Crippen molar-refractivity contribution in [2.24, 2.45) is 0 Å². The van der Waals surface area contributed by atoms with E-state index < -0.39 is 31.5 Å². The first-order chi connectivity index (χ1) is 7.04. The summed E-state index contributed by atoms with van der Waals surface area (Å²) in [6.07, 6.45) is -2.25. The van der Waals surface area contributed by atoms with E-state index in [4.69, 9.17) is 30.6 Å². The molecule has 0 aliphatic rings. The van der Waals surface area contributed by atoms with Gasteiger partial charge in [0, 0.05) is 6.61 Å². The normalized spacial score (nSPS) is 16.2. The van der Waals surface area contributed by atoms with E-state index in [1.807, 2.05) is 0 Å². The van der Waals surface area contributed by atoms with Crippen molar-refractivity contribution in [1.82, 2.24) is 0 Å². The number of unbranched alkanes of at least 4 members (excludes halogenated alkanes) is 1. The highest BCUT2D eigenvalue weighted by atomic mass is 16.4. The summed E-state index contributed by atoms with van der Waals surface area (Å²) < 4.78 is 0. The van der Waals surface area contributed by atoms with E-state index in [1.54, 1.807) is 0 Å². The first-order valence-electron chi connectivity index (χ1n) is 4.91. The molecule has 0 rings (SSSR count). The second kappa shape index (κ2) is 11.8. The molecule has 0 amide bonds. The Bertz CT molecular complexity index is 109. The molecular formula is C9H22O6. The summed E-state index contributed by atoms with van der Waals surface area (Å²) in [6, 6.07) is 0. The Labute approximate surface area is 89.4 Å². The second-order valence-electron chi connectivity index (χ2n) is 3.07. The summed E-state index contributed by atoms with van der Waals surface area (Å²) in [4.78, 5) is 0. The minimum atomic E-state index is -1.49. The molecule has 94 valence electrons. The first kappa shape index (κ1) is 17.2. The molecule has 0 aliphatic heterocycles. The average molecular weight is 226 g/mol. The van der Waals surface area contributed by atoms with Gasteiger partial charge in [0.15, 0.2) is 0 Å². The highest BCUT2D eigenvalue weighted by Crippen LogP contribution is 1.97. The highest BCUT2D eigenvalue weighted by Gasteiger charge is 2.22. The first-order valence-corrected chi connectivity index (χ1v) is 4.91. The molecule has 6 N–H and O–H groups in total. The summed E-state index contributed by atoms with van der Waals surface area (Å²) in [5.74, 6) is 0. The maximum absolute atomic E-state index is 8.77. The smallest absolute Gasteiger partial charge is 0.110 e. The Hall–Kier alpha value is -0.240. The van der Waals surface area contributed by atoms with Crippen LogP contribution in [0.25, 0.3) is 0 Å². The van der Waals surface area contributed by atoms with Gasteiger partial charge in [-0.15, -0.1) is 0 Å². The Morgan fingerprint density at radius 3 is 1.40 bits per heavy atom. The average Bonchev–Trinajstić information content (AvgIpc) is 2.27. The zero-order chi connectivity index (χ0) is 12.3. The van der Waals surface area contributed by atoms with Crippen LogP contribution in [0.4, 0.5) is 0 Å². The predicted molar refractivity (Wildman–Crippen MR) is 54.2 cm³/mol. The van der Waals surface area contributed by atoms with E-state index in [0.29, 0.717) is 6.61 Å². The molecule has 0 bridgehead atoms. The summed E-state index contributed by atoms with van der Waals surface area (Å²) in [5, 5.41) is 50.6. The van der Waals surface area contributed by atoms with Crippen molar-refractivity contribution in [3.05, 3.63) is 0 Å². The third-order valence-corrected chi connectivity index (χ3v) is 1.67. The minimum Gasteiger partial charge on any atom is -0.396 e. The predicted octanol–water partition coefficient (Wildman–Crippen LogP) is -2.17. The van der Waals surface area contributed by atoms with Crippen molar-refractivity contribution in [3.8, 4) is 0 Å². The molecule has 0 aliphatic carbocycles. The Kier molecular flexibility index (Phi) is 13.5. The van der Waals surface area contributed by atoms with Gasteiger partial charge in [-0.25, -0.2) is 0 Å². The van der Waals surface area contributed by atoms with E-state index in [-0.39, 0.29) is 0 Å². The standard InChI is InChI=1S/C5H12O5.C4H10O/c6-1-3(8)5(10)4(9)2-7;1-2-3-4-5/h3-10H,1-2H2;5H,2-4H2,1H3/t3-,4+,5?;. The van der Waals surface area contributed by atoms with E-state index >= 15 is 0 Å². The third-order valence-electron chi connectivity index (χ3n) is 1.67. The topological polar surface area (TPSA) is 121 Å². The Balaban J connectivity index is 0. The maximum atomic E-state index is 8.77. The quantitative estimate of drug-likeness (QED) is 0.306. The SMILES string of the molecule is CCCCO.OC[C@@H](O)C(O)[C@@H](O)CO. The molecule has 3 atom stereocenters. The van der Waals surface area contributed by atoms with Crippen LogP contribution in [0.2, 0.25) is 0 Å². The van der Waals surface area contributed by atoms with Crippen LogP contribution < -0.4 is 0 Å². The number of aliphatic hydroxyl groups excluding tert-OH is 6. The number of hydrogen-bond acceptors (Lipinski definition) is 6. The summed E-state index contributed by atoms with van der Waals surface area (Å²) >= 11 is 0. The third kappa shape index (κ3) is 10.1. The highest BCUT2D eigenvalue weighted by molar-refractivity contribution is 4.73. The van der Waals surface area contributed by atoms with E-state index in [2.05, 4.69) is 6.92 Å². The molecule has 0 spiro atoms. The molecule has 6 heteroatoms. The summed E-state index contributed by atoms with van der Waals surface area (Å²) in [6.45, 7) is 1.11. The van der Waals surface area contributed by atoms with Crippen molar-refractivity contribution < 1.29 is 30.6 Å². The van der Waals surface area contributed by atoms with Crippen LogP contribution in [-0.4, -0.2) is 68.8 Å². The van der Waals surface area contributed by atoms with E-state index in [1.165, 1.54) is 0 Å². The van der Waals surface area contributed by atoms with Gasteiger partial charge in [0.25, 0.3) is 0 Å². The summed E-state index contributed by atoms with van der Waals surface area (Å²) in [7, 11) is 0. The van der Waals surface area contributed by atoms with Crippen LogP contribution in [0, 0.1) is 0 Å². The van der Waals surface area contributed by atoms with E-state index in [0.717, 1.165) is 12.8 Å². The molecule has 0 saturated heterocycles. The molecule has 1 unspecified atom stereocenters. The number of aliphatic hydroxyl groups is 6. The molecule has 0 fully saturated rings. The van der Waals surface area contributed by atoms with Crippen molar-refractivity contribution in [2.45, 2.75) is 38.1 Å². The molecule has 0 aromatic rings. The lowest BCUT2D eigenvalue weighted by atomic mass is 10.1. The van der Waals surface area contributed by atoms with Gasteiger partial charge in [-0.1, -0.05) is 13.3 Å². The zero-order valence-corrected chi connectivity index (χ0v) is 8.95. The van der Waals surface area contributed by atoms with Gasteiger partial charge in [-0.05, 0) is 6.42 Å². The molecule has 0 aromatic heterocycles. The second-order valence-corrected chi connectivity index (χ2v) is 3.07. The van der Waals surface area contributed by atoms with Gasteiger partial charge in [0.05, 0.1) is 13.2 Å². The lowest BCUT2D eigenvalue weighted by Gasteiger charge is -2.19. The van der Waals surface area contributed by atoms with Crippen molar-refractivity contribution in [3.63, 3.8) is 0 Å². The van der Waals surface area contributed by atoms with Gasteiger partial charge >= 0.3 is 0 Å². The molecule has 6 nitrogen and oxygen atoms in total. The Morgan fingerprint density at radius 2 is 1.27 bits per heavy atom. The van der Waals surface area contributed by atoms with Crippen LogP contribution in [0.1, 0.15) is 19.8 Å². The zero-order valence-electron chi connectivity index (χ0n) is 8.95. The molecule has 0 heterocycles. The number of rotatable bonds is 6. The maximum Gasteiger partial charge on any atom is 0.110 e. The van der Waals surface area contributed by atoms with Gasteiger partial charge in [0.2, 0.25) is 0 Å². The van der Waals surface area contributed by atoms with Gasteiger partial charge in [-0.2, -0.15) is 0 Å². The Morgan fingerprint density at radius 1 is 0.867 bits per heavy atom. The fourth-order valence-electron chi connectivity index (χ4n) is 0.631. The van der Waals surface area contributed by atoms with Gasteiger partial charge in [0.1, 0.15) is 18.3 Å². The van der Waals surface area contributed by atoms with Gasteiger partial charge in [-0.3, -0.25) is 0 Å². The molecule has 0 radical (unpaired) electrons. The van der Waals surface area contributed by atoms with Crippen LogP contribution in [-0.2, 0) is 0 Å². The fraction of sp³-hybridized carbons (Fsp3) is 1.00. The molecule has 0 aromatic carbocycles. The largest absolute Gasteiger partial charge is 0.396 e. The summed E-state index contributed by atoms with van der Waals surface area (Å²) in [5.41, 5.74) is 0. The van der Waals surface area contributed by atoms with Crippen molar-refractivity contribution in [2.75, 3.05) is 19.8 Å². The fourth-order valence-corrected chi connectivity index (χ4v) is 0.631. The van der Waals surface area contributed by atoms with Crippen LogP contribution in [0.15, 0.2) is 0 Å².